The summed E-state index contributed by atoms with van der Waals surface area (Å²) in [7, 11) is 2.03. The molecule has 0 aromatic carbocycles. The topological polar surface area (TPSA) is 50.8 Å². The molecule has 0 unspecified atom stereocenters. The van der Waals surface area contributed by atoms with Gasteiger partial charge in [-0.05, 0) is 20.9 Å². The Morgan fingerprint density at radius 2 is 2.40 bits per heavy atom. The molecule has 1 heterocycles. The molecule has 5 nitrogen and oxygen atoms in total. The second-order valence-corrected chi connectivity index (χ2v) is 4.15. The lowest BCUT2D eigenvalue weighted by Gasteiger charge is -2.29. The standard InChI is InChI=1S/C10H20N2O3/c1-8(2)11-10(13)15-7-9-6-12(3)4-5-14-9/h8-9H,4-7H2,1-3H3,(H,11,13)/t9-/m1/s1. The van der Waals surface area contributed by atoms with Crippen molar-refractivity contribution in [3.8, 4) is 0 Å². The molecule has 1 saturated heterocycles. The zero-order chi connectivity index (χ0) is 11.3. The Bertz CT molecular complexity index is 209. The van der Waals surface area contributed by atoms with Crippen LogP contribution >= 0.6 is 0 Å². The first-order valence-corrected chi connectivity index (χ1v) is 5.31. The highest BCUT2D eigenvalue weighted by atomic mass is 16.6. The predicted molar refractivity (Wildman–Crippen MR) is 56.9 cm³/mol. The molecular weight excluding hydrogens is 196 g/mol. The fraction of sp³-hybridized carbons (Fsp3) is 0.900. The first-order valence-electron chi connectivity index (χ1n) is 5.31. The number of ether oxygens (including phenoxy) is 2. The van der Waals surface area contributed by atoms with Gasteiger partial charge in [0.1, 0.15) is 12.7 Å². The number of hydrogen-bond acceptors (Lipinski definition) is 4. The van der Waals surface area contributed by atoms with Crippen molar-refractivity contribution in [2.45, 2.75) is 26.0 Å². The minimum atomic E-state index is -0.373. The van der Waals surface area contributed by atoms with E-state index in [2.05, 4.69) is 10.2 Å². The number of likely N-dealkylation sites (N-methyl/N-ethyl adjacent to an activating group) is 1. The molecule has 0 radical (unpaired) electrons. The van der Waals surface area contributed by atoms with E-state index >= 15 is 0 Å². The number of carbonyl (C=O) groups is 1. The largest absolute Gasteiger partial charge is 0.447 e. The fourth-order valence-electron chi connectivity index (χ4n) is 1.41. The number of amides is 1. The molecule has 0 saturated carbocycles. The molecule has 0 aromatic rings. The molecule has 5 heteroatoms. The van der Waals surface area contributed by atoms with Crippen LogP contribution in [0.4, 0.5) is 4.79 Å². The van der Waals surface area contributed by atoms with Gasteiger partial charge >= 0.3 is 6.09 Å². The van der Waals surface area contributed by atoms with Crippen molar-refractivity contribution < 1.29 is 14.3 Å². The van der Waals surface area contributed by atoms with Crippen molar-refractivity contribution in [1.29, 1.82) is 0 Å². The van der Waals surface area contributed by atoms with Gasteiger partial charge in [0.2, 0.25) is 0 Å². The van der Waals surface area contributed by atoms with Crippen molar-refractivity contribution in [2.75, 3.05) is 33.4 Å². The van der Waals surface area contributed by atoms with E-state index in [4.69, 9.17) is 9.47 Å². The van der Waals surface area contributed by atoms with E-state index < -0.39 is 0 Å². The normalized spacial score (nSPS) is 22.8. The highest BCUT2D eigenvalue weighted by Gasteiger charge is 2.19. The maximum Gasteiger partial charge on any atom is 0.407 e. The number of rotatable bonds is 3. The number of nitrogens with zero attached hydrogens (tertiary/aromatic N) is 1. The summed E-state index contributed by atoms with van der Waals surface area (Å²) in [5, 5.41) is 2.66. The van der Waals surface area contributed by atoms with E-state index in [0.29, 0.717) is 13.2 Å². The zero-order valence-electron chi connectivity index (χ0n) is 9.66. The molecule has 1 aliphatic rings. The molecule has 1 atom stereocenters. The number of alkyl carbamates (subject to hydrolysis) is 1. The van der Waals surface area contributed by atoms with Crippen LogP contribution in [-0.4, -0.2) is 56.5 Å². The smallest absolute Gasteiger partial charge is 0.407 e. The third-order valence-electron chi connectivity index (χ3n) is 2.15. The molecule has 0 spiro atoms. The SMILES string of the molecule is CC(C)NC(=O)OC[C@H]1CN(C)CCO1. The number of morpholine rings is 1. The van der Waals surface area contributed by atoms with Gasteiger partial charge in [-0.3, -0.25) is 0 Å². The van der Waals surface area contributed by atoms with Crippen LogP contribution in [0.3, 0.4) is 0 Å². The molecule has 15 heavy (non-hydrogen) atoms. The Morgan fingerprint density at radius 3 is 3.00 bits per heavy atom. The summed E-state index contributed by atoms with van der Waals surface area (Å²) in [5.41, 5.74) is 0. The third-order valence-corrected chi connectivity index (χ3v) is 2.15. The molecule has 88 valence electrons. The summed E-state index contributed by atoms with van der Waals surface area (Å²) in [5.74, 6) is 0. The van der Waals surface area contributed by atoms with Gasteiger partial charge in [-0.15, -0.1) is 0 Å². The summed E-state index contributed by atoms with van der Waals surface area (Å²) < 4.78 is 10.5. The Balaban J connectivity index is 2.16. The molecule has 1 N–H and O–H groups in total. The average molecular weight is 216 g/mol. The van der Waals surface area contributed by atoms with E-state index in [9.17, 15) is 4.79 Å². The molecule has 1 amide bonds. The van der Waals surface area contributed by atoms with Crippen LogP contribution in [0.2, 0.25) is 0 Å². The summed E-state index contributed by atoms with van der Waals surface area (Å²) in [6.07, 6.45) is -0.372. The van der Waals surface area contributed by atoms with Crippen LogP contribution in [0, 0.1) is 0 Å². The minimum Gasteiger partial charge on any atom is -0.447 e. The van der Waals surface area contributed by atoms with Gasteiger partial charge in [-0.25, -0.2) is 4.79 Å². The maximum atomic E-state index is 11.2. The quantitative estimate of drug-likeness (QED) is 0.744. The molecule has 1 aliphatic heterocycles. The van der Waals surface area contributed by atoms with Gasteiger partial charge in [0.25, 0.3) is 0 Å². The first-order chi connectivity index (χ1) is 7.08. The highest BCUT2D eigenvalue weighted by molar-refractivity contribution is 5.67. The molecule has 0 aliphatic carbocycles. The van der Waals surface area contributed by atoms with Gasteiger partial charge in [0, 0.05) is 19.1 Å². The Hall–Kier alpha value is -0.810. The predicted octanol–water partition coefficient (Wildman–Crippen LogP) is 0.452. The van der Waals surface area contributed by atoms with E-state index in [1.165, 1.54) is 0 Å². The van der Waals surface area contributed by atoms with Gasteiger partial charge in [0.15, 0.2) is 0 Å². The Labute approximate surface area is 90.7 Å². The van der Waals surface area contributed by atoms with Crippen LogP contribution in [0.25, 0.3) is 0 Å². The van der Waals surface area contributed by atoms with Gasteiger partial charge in [0.05, 0.1) is 6.61 Å². The van der Waals surface area contributed by atoms with Crippen molar-refractivity contribution >= 4 is 6.09 Å². The van der Waals surface area contributed by atoms with Crippen molar-refractivity contribution in [3.05, 3.63) is 0 Å². The van der Waals surface area contributed by atoms with Crippen molar-refractivity contribution in [1.82, 2.24) is 10.2 Å². The van der Waals surface area contributed by atoms with E-state index in [0.717, 1.165) is 13.1 Å². The summed E-state index contributed by atoms with van der Waals surface area (Å²) in [4.78, 5) is 13.3. The van der Waals surface area contributed by atoms with Crippen LogP contribution in [0.1, 0.15) is 13.8 Å². The summed E-state index contributed by atoms with van der Waals surface area (Å²) in [6, 6.07) is 0.104. The number of carbonyl (C=O) groups excluding carboxylic acids is 1. The van der Waals surface area contributed by atoms with Crippen molar-refractivity contribution in [3.63, 3.8) is 0 Å². The van der Waals surface area contributed by atoms with E-state index in [1.807, 2.05) is 20.9 Å². The van der Waals surface area contributed by atoms with Crippen LogP contribution in [-0.2, 0) is 9.47 Å². The van der Waals surface area contributed by atoms with Crippen LogP contribution < -0.4 is 5.32 Å². The average Bonchev–Trinajstić information content (AvgIpc) is 2.14. The summed E-state index contributed by atoms with van der Waals surface area (Å²) >= 11 is 0. The summed E-state index contributed by atoms with van der Waals surface area (Å²) in [6.45, 7) is 6.57. The van der Waals surface area contributed by atoms with Crippen LogP contribution in [0.5, 0.6) is 0 Å². The molecule has 1 fully saturated rings. The van der Waals surface area contributed by atoms with Crippen LogP contribution in [0.15, 0.2) is 0 Å². The first kappa shape index (κ1) is 12.3. The van der Waals surface area contributed by atoms with Gasteiger partial charge < -0.3 is 19.7 Å². The fourth-order valence-corrected chi connectivity index (χ4v) is 1.41. The Kier molecular flexibility index (Phi) is 4.84. The highest BCUT2D eigenvalue weighted by Crippen LogP contribution is 2.03. The van der Waals surface area contributed by atoms with Gasteiger partial charge in [-0.1, -0.05) is 0 Å². The monoisotopic (exact) mass is 216 g/mol. The molecular formula is C10H20N2O3. The second kappa shape index (κ2) is 5.92. The second-order valence-electron chi connectivity index (χ2n) is 4.15. The van der Waals surface area contributed by atoms with E-state index in [1.54, 1.807) is 0 Å². The zero-order valence-corrected chi connectivity index (χ0v) is 9.66. The van der Waals surface area contributed by atoms with E-state index in [-0.39, 0.29) is 18.2 Å². The Morgan fingerprint density at radius 1 is 1.67 bits per heavy atom. The lowest BCUT2D eigenvalue weighted by molar-refractivity contribution is -0.0486. The number of nitrogens with one attached hydrogen (secondary N) is 1. The minimum absolute atomic E-state index is 0.00154. The lowest BCUT2D eigenvalue weighted by Crippen LogP contribution is -2.43. The van der Waals surface area contributed by atoms with Crippen molar-refractivity contribution in [2.24, 2.45) is 0 Å². The maximum absolute atomic E-state index is 11.2. The number of hydrogen-bond donors (Lipinski definition) is 1. The molecule has 1 rings (SSSR count). The molecule has 0 bridgehead atoms. The molecule has 0 aromatic heterocycles. The van der Waals surface area contributed by atoms with Gasteiger partial charge in [-0.2, -0.15) is 0 Å². The third kappa shape index (κ3) is 4.99. The lowest BCUT2D eigenvalue weighted by atomic mass is 10.3.